The minimum atomic E-state index is -1.07. The zero-order valence-corrected chi connectivity index (χ0v) is 18.5. The zero-order chi connectivity index (χ0) is 22.6. The van der Waals surface area contributed by atoms with E-state index >= 15 is 0 Å². The Morgan fingerprint density at radius 1 is 1.16 bits per heavy atom. The van der Waals surface area contributed by atoms with Crippen LogP contribution in [0, 0.1) is 0 Å². The number of imide groups is 1. The molecule has 2 aromatic rings. The number of Topliss-reactive ketones (excluding diaryl/α,β-unsaturated/α-hetero) is 1. The molecule has 0 radical (unpaired) electrons. The molecule has 1 saturated heterocycles. The monoisotopic (exact) mass is 443 g/mol. The van der Waals surface area contributed by atoms with Gasteiger partial charge in [-0.2, -0.15) is 0 Å². The van der Waals surface area contributed by atoms with Crippen molar-refractivity contribution < 1.29 is 23.9 Å². The van der Waals surface area contributed by atoms with Gasteiger partial charge in [-0.1, -0.05) is 12.1 Å². The molecule has 8 nitrogen and oxygen atoms in total. The highest BCUT2D eigenvalue weighted by Crippen LogP contribution is 2.25. The van der Waals surface area contributed by atoms with Crippen LogP contribution in [0.3, 0.4) is 0 Å². The number of carbonyl (C=O) groups excluding carboxylic acids is 4. The molecule has 1 aliphatic heterocycles. The summed E-state index contributed by atoms with van der Waals surface area (Å²) in [6.07, 6.45) is 1.00. The molecule has 2 N–H and O–H groups in total. The van der Waals surface area contributed by atoms with Gasteiger partial charge in [-0.05, 0) is 49.6 Å². The van der Waals surface area contributed by atoms with Crippen LogP contribution in [0.25, 0.3) is 0 Å². The predicted octanol–water partition coefficient (Wildman–Crippen LogP) is 2.52. The van der Waals surface area contributed by atoms with Gasteiger partial charge in [-0.15, -0.1) is 11.3 Å². The van der Waals surface area contributed by atoms with E-state index in [9.17, 15) is 19.2 Å². The lowest BCUT2D eigenvalue weighted by Crippen LogP contribution is -2.44. The number of hydrogen-bond donors (Lipinski definition) is 2. The third kappa shape index (κ3) is 5.29. The second-order valence-corrected chi connectivity index (χ2v) is 8.77. The summed E-state index contributed by atoms with van der Waals surface area (Å²) >= 11 is 1.24. The van der Waals surface area contributed by atoms with E-state index in [4.69, 9.17) is 4.74 Å². The van der Waals surface area contributed by atoms with Gasteiger partial charge in [0.2, 0.25) is 5.91 Å². The number of benzene rings is 1. The van der Waals surface area contributed by atoms with E-state index in [1.54, 1.807) is 26.2 Å². The van der Waals surface area contributed by atoms with Crippen LogP contribution >= 0.6 is 11.3 Å². The Labute approximate surface area is 184 Å². The van der Waals surface area contributed by atoms with Crippen molar-refractivity contribution in [2.75, 3.05) is 13.7 Å². The second kappa shape index (κ2) is 9.30. The number of urea groups is 1. The molecule has 1 atom stereocenters. The van der Waals surface area contributed by atoms with E-state index in [0.717, 1.165) is 21.1 Å². The summed E-state index contributed by atoms with van der Waals surface area (Å²) in [7, 11) is 1.60. The van der Waals surface area contributed by atoms with Crippen LogP contribution in [0.4, 0.5) is 4.79 Å². The number of thiophene rings is 1. The largest absolute Gasteiger partial charge is 0.497 e. The Hall–Kier alpha value is -3.20. The number of nitrogens with zero attached hydrogens (tertiary/aromatic N) is 1. The van der Waals surface area contributed by atoms with E-state index in [1.807, 2.05) is 24.3 Å². The molecule has 0 unspecified atom stereocenters. The van der Waals surface area contributed by atoms with Crippen molar-refractivity contribution in [1.82, 2.24) is 15.5 Å². The maximum atomic E-state index is 12.9. The fourth-order valence-corrected chi connectivity index (χ4v) is 4.18. The topological polar surface area (TPSA) is 105 Å². The SMILES string of the molecule is COc1ccc(CC[C@]2(C)NC(=O)N(CC(=O)c3ccc(CNC(C)=O)s3)C2=O)cc1. The predicted molar refractivity (Wildman–Crippen MR) is 116 cm³/mol. The number of amides is 4. The van der Waals surface area contributed by atoms with Gasteiger partial charge in [0.15, 0.2) is 5.78 Å². The standard InChI is InChI=1S/C22H25N3O5S/c1-14(26)23-12-17-8-9-19(31-17)18(27)13-25-20(28)22(2,24-21(25)29)11-10-15-4-6-16(30-3)7-5-15/h4-9H,10-13H2,1-3H3,(H,23,26)(H,24,29)/t22-/m0/s1. The molecule has 0 aliphatic carbocycles. The van der Waals surface area contributed by atoms with Gasteiger partial charge < -0.3 is 15.4 Å². The number of methoxy groups -OCH3 is 1. The third-order valence-corrected chi connectivity index (χ3v) is 6.29. The molecule has 1 aromatic carbocycles. The first-order valence-electron chi connectivity index (χ1n) is 9.85. The van der Waals surface area contributed by atoms with Crippen molar-refractivity contribution in [3.63, 3.8) is 0 Å². The minimum absolute atomic E-state index is 0.158. The van der Waals surface area contributed by atoms with E-state index in [1.165, 1.54) is 18.3 Å². The second-order valence-electron chi connectivity index (χ2n) is 7.60. The van der Waals surface area contributed by atoms with Crippen LogP contribution in [0.5, 0.6) is 5.75 Å². The molecular weight excluding hydrogens is 418 g/mol. The Morgan fingerprint density at radius 2 is 1.87 bits per heavy atom. The Balaban J connectivity index is 1.61. The lowest BCUT2D eigenvalue weighted by molar-refractivity contribution is -0.130. The highest BCUT2D eigenvalue weighted by Gasteiger charge is 2.47. The first-order valence-corrected chi connectivity index (χ1v) is 10.7. The highest BCUT2D eigenvalue weighted by atomic mass is 32.1. The molecule has 9 heteroatoms. The molecule has 1 fully saturated rings. The molecule has 3 rings (SSSR count). The average Bonchev–Trinajstić information content (AvgIpc) is 3.30. The molecular formula is C22H25N3O5S. The number of ketones is 1. The molecule has 1 aliphatic rings. The summed E-state index contributed by atoms with van der Waals surface area (Å²) in [5.74, 6) is -0.135. The summed E-state index contributed by atoms with van der Waals surface area (Å²) in [5.41, 5.74) is -0.0487. The van der Waals surface area contributed by atoms with Crippen molar-refractivity contribution in [2.24, 2.45) is 0 Å². The number of aryl methyl sites for hydroxylation is 1. The number of ether oxygens (including phenoxy) is 1. The van der Waals surface area contributed by atoms with Crippen molar-refractivity contribution >= 4 is 35.0 Å². The van der Waals surface area contributed by atoms with Crippen molar-refractivity contribution in [3.05, 3.63) is 51.7 Å². The first kappa shape index (κ1) is 22.5. The number of nitrogens with one attached hydrogen (secondary N) is 2. The van der Waals surface area contributed by atoms with Crippen LogP contribution in [0.2, 0.25) is 0 Å². The van der Waals surface area contributed by atoms with Crippen molar-refractivity contribution in [1.29, 1.82) is 0 Å². The number of rotatable bonds is 9. The van der Waals surface area contributed by atoms with Gasteiger partial charge in [0.05, 0.1) is 25.1 Å². The van der Waals surface area contributed by atoms with Crippen LogP contribution in [-0.4, -0.2) is 47.7 Å². The zero-order valence-electron chi connectivity index (χ0n) is 17.7. The Kier molecular flexibility index (Phi) is 6.74. The number of hydrogen-bond acceptors (Lipinski definition) is 6. The molecule has 164 valence electrons. The van der Waals surface area contributed by atoms with E-state index in [2.05, 4.69) is 10.6 Å². The van der Waals surface area contributed by atoms with Crippen LogP contribution in [0.1, 0.15) is 40.4 Å². The van der Waals surface area contributed by atoms with Crippen LogP contribution < -0.4 is 15.4 Å². The fraction of sp³-hybridized carbons (Fsp3) is 0.364. The summed E-state index contributed by atoms with van der Waals surface area (Å²) in [4.78, 5) is 51.3. The molecule has 0 spiro atoms. The fourth-order valence-electron chi connectivity index (χ4n) is 3.30. The van der Waals surface area contributed by atoms with Gasteiger partial charge in [-0.25, -0.2) is 4.79 Å². The molecule has 0 saturated carbocycles. The molecule has 4 amide bonds. The lowest BCUT2D eigenvalue weighted by atomic mass is 9.93. The smallest absolute Gasteiger partial charge is 0.325 e. The van der Waals surface area contributed by atoms with Gasteiger partial charge in [-0.3, -0.25) is 19.3 Å². The quantitative estimate of drug-likeness (QED) is 0.458. The third-order valence-electron chi connectivity index (χ3n) is 5.17. The van der Waals surface area contributed by atoms with Crippen LogP contribution in [-0.2, 0) is 22.6 Å². The summed E-state index contributed by atoms with van der Waals surface area (Å²) in [5, 5.41) is 5.40. The average molecular weight is 444 g/mol. The Bertz CT molecular complexity index is 1000. The minimum Gasteiger partial charge on any atom is -0.497 e. The molecule has 1 aromatic heterocycles. The summed E-state index contributed by atoms with van der Waals surface area (Å²) in [6, 6.07) is 10.4. The maximum Gasteiger partial charge on any atom is 0.325 e. The van der Waals surface area contributed by atoms with Crippen molar-refractivity contribution in [2.45, 2.75) is 38.8 Å². The molecule has 31 heavy (non-hydrogen) atoms. The normalized spacial score (nSPS) is 18.1. The summed E-state index contributed by atoms with van der Waals surface area (Å²) < 4.78 is 5.14. The van der Waals surface area contributed by atoms with Gasteiger partial charge >= 0.3 is 6.03 Å². The first-order chi connectivity index (χ1) is 14.7. The highest BCUT2D eigenvalue weighted by molar-refractivity contribution is 7.14. The molecule has 2 heterocycles. The van der Waals surface area contributed by atoms with Gasteiger partial charge in [0.1, 0.15) is 11.3 Å². The lowest BCUT2D eigenvalue weighted by Gasteiger charge is -2.21. The maximum absolute atomic E-state index is 12.9. The van der Waals surface area contributed by atoms with E-state index in [-0.39, 0.29) is 18.2 Å². The van der Waals surface area contributed by atoms with Crippen molar-refractivity contribution in [3.8, 4) is 5.75 Å². The van der Waals surface area contributed by atoms with Crippen LogP contribution in [0.15, 0.2) is 36.4 Å². The summed E-state index contributed by atoms with van der Waals surface area (Å²) in [6.45, 7) is 3.11. The number of carbonyl (C=O) groups is 4. The molecule has 0 bridgehead atoms. The van der Waals surface area contributed by atoms with E-state index < -0.39 is 17.5 Å². The van der Waals surface area contributed by atoms with E-state index in [0.29, 0.717) is 24.3 Å². The Morgan fingerprint density at radius 3 is 2.52 bits per heavy atom. The van der Waals surface area contributed by atoms with Gasteiger partial charge in [0.25, 0.3) is 5.91 Å². The van der Waals surface area contributed by atoms with Gasteiger partial charge in [0, 0.05) is 11.8 Å².